The van der Waals surface area contributed by atoms with E-state index in [0.717, 1.165) is 0 Å². The lowest BCUT2D eigenvalue weighted by atomic mass is 10.4. The number of hydrogen-bond donors (Lipinski definition) is 0. The molecule has 12 heteroatoms. The molecular weight excluding hydrogens is 327 g/mol. The smallest absolute Gasteiger partial charge is 0.222 e. The van der Waals surface area contributed by atoms with Crippen molar-refractivity contribution in [2.75, 3.05) is 0 Å². The summed E-state index contributed by atoms with van der Waals surface area (Å²) in [6.07, 6.45) is -4.40. The molecule has 7 nitrogen and oxygen atoms in total. The van der Waals surface area contributed by atoms with Crippen LogP contribution in [0.4, 0.5) is 13.2 Å². The summed E-state index contributed by atoms with van der Waals surface area (Å²) in [6.45, 7) is 3.43. The Balaban J connectivity index is 0.000000347. The highest BCUT2D eigenvalue weighted by Crippen LogP contribution is 2.30. The van der Waals surface area contributed by atoms with Crippen LogP contribution in [0.2, 0.25) is 0 Å². The Morgan fingerprint density at radius 3 is 2.15 bits per heavy atom. The molecule has 112 valence electrons. The van der Waals surface area contributed by atoms with E-state index in [1.54, 1.807) is 19.9 Å². The zero-order valence-corrected chi connectivity index (χ0v) is 11.5. The predicted molar refractivity (Wildman–Crippen MR) is 47.5 cm³/mol. The Labute approximate surface area is 116 Å². The molecule has 0 bridgehead atoms. The van der Waals surface area contributed by atoms with Gasteiger partial charge in [-0.3, -0.25) is 0 Å². The van der Waals surface area contributed by atoms with Gasteiger partial charge in [0.15, 0.2) is 5.69 Å². The van der Waals surface area contributed by atoms with Crippen LogP contribution < -0.4 is 23.2 Å². The molecular formula is C8H7ClF3N3O4S. The van der Waals surface area contributed by atoms with E-state index >= 15 is 0 Å². The van der Waals surface area contributed by atoms with Gasteiger partial charge in [-0.25, -0.2) is 18.6 Å². The molecule has 0 amide bonds. The average Bonchev–Trinajstić information content (AvgIpc) is 2.57. The van der Waals surface area contributed by atoms with Gasteiger partial charge in [0.2, 0.25) is 5.01 Å². The first-order valence-corrected chi connectivity index (χ1v) is 6.79. The van der Waals surface area contributed by atoms with Crippen LogP contribution in [0.1, 0.15) is 16.4 Å². The quantitative estimate of drug-likeness (QED) is 0.478. The van der Waals surface area contributed by atoms with Crippen LogP contribution in [0.25, 0.3) is 4.96 Å². The van der Waals surface area contributed by atoms with E-state index in [-0.39, 0.29) is 4.96 Å². The molecule has 2 rings (SSSR count). The normalized spacial score (nSPS) is 12.2. The molecule has 2 aromatic rings. The van der Waals surface area contributed by atoms with Crippen molar-refractivity contribution in [1.82, 2.24) is 10.1 Å². The van der Waals surface area contributed by atoms with Crippen molar-refractivity contribution in [3.05, 3.63) is 22.5 Å². The Hall–Kier alpha value is -1.11. The number of halogens is 4. The minimum atomic E-state index is -4.94. The van der Waals surface area contributed by atoms with E-state index in [0.29, 0.717) is 22.7 Å². The van der Waals surface area contributed by atoms with Gasteiger partial charge in [0.1, 0.15) is 5.69 Å². The fraction of sp³-hybridized carbons (Fsp3) is 0.375. The van der Waals surface area contributed by atoms with Crippen LogP contribution in [0.3, 0.4) is 0 Å². The first-order chi connectivity index (χ1) is 8.88. The van der Waals surface area contributed by atoms with Crippen molar-refractivity contribution in [1.29, 1.82) is 0 Å². The lowest BCUT2D eigenvalue weighted by molar-refractivity contribution is -2.00. The average molecular weight is 334 g/mol. The van der Waals surface area contributed by atoms with Gasteiger partial charge in [-0.15, -0.1) is 10.2 Å². The standard InChI is InChI=1S/C8H7F3N3S.ClHO4/c1-4-3-5(2)14-7(12-4)15-6(13-14)8(9,10)11;2-1(3,4)5/h3H,1-2H3;(H,2,3,4,5)/q+1;/p-1. The van der Waals surface area contributed by atoms with Gasteiger partial charge >= 0.3 is 11.1 Å². The van der Waals surface area contributed by atoms with E-state index in [9.17, 15) is 13.2 Å². The number of rotatable bonds is 0. The molecule has 0 aliphatic carbocycles. The van der Waals surface area contributed by atoms with Gasteiger partial charge in [-0.2, -0.15) is 13.2 Å². The van der Waals surface area contributed by atoms with Crippen LogP contribution in [0, 0.1) is 24.1 Å². The van der Waals surface area contributed by atoms with Crippen LogP contribution in [-0.4, -0.2) is 10.1 Å². The summed E-state index contributed by atoms with van der Waals surface area (Å²) < 4.78 is 72.3. The third-order valence-corrected chi connectivity index (χ3v) is 2.78. The second kappa shape index (κ2) is 5.71. The van der Waals surface area contributed by atoms with Crippen molar-refractivity contribution in [3.8, 4) is 0 Å². The third-order valence-electron chi connectivity index (χ3n) is 1.83. The molecule has 0 aliphatic heterocycles. The van der Waals surface area contributed by atoms with Crippen LogP contribution in [0.5, 0.6) is 0 Å². The minimum absolute atomic E-state index is 0.264. The highest BCUT2D eigenvalue weighted by molar-refractivity contribution is 7.16. The first-order valence-electron chi connectivity index (χ1n) is 4.74. The van der Waals surface area contributed by atoms with Crippen molar-refractivity contribution in [3.63, 3.8) is 0 Å². The number of nitrogens with zero attached hydrogens (tertiary/aromatic N) is 3. The molecule has 0 atom stereocenters. The second-order valence-corrected chi connectivity index (χ2v) is 5.23. The number of hydrogen-bond acceptors (Lipinski definition) is 7. The molecule has 0 N–H and O–H groups in total. The third kappa shape index (κ3) is 5.11. The largest absolute Gasteiger partial charge is 0.447 e. The van der Waals surface area contributed by atoms with E-state index < -0.39 is 21.4 Å². The van der Waals surface area contributed by atoms with E-state index in [1.165, 1.54) is 4.52 Å². The maximum absolute atomic E-state index is 12.4. The fourth-order valence-electron chi connectivity index (χ4n) is 1.24. The molecule has 20 heavy (non-hydrogen) atoms. The monoisotopic (exact) mass is 333 g/mol. The molecule has 2 heterocycles. The van der Waals surface area contributed by atoms with Crippen LogP contribution in [-0.2, 0) is 6.18 Å². The summed E-state index contributed by atoms with van der Waals surface area (Å²) in [4.78, 5) is 4.25. The summed E-state index contributed by atoms with van der Waals surface area (Å²) in [5, 5.41) is 2.60. The van der Waals surface area contributed by atoms with Crippen molar-refractivity contribution >= 4 is 16.3 Å². The molecule has 0 saturated carbocycles. The predicted octanol–water partition coefficient (Wildman–Crippen LogP) is -2.84. The topological polar surface area (TPSA) is 122 Å². The van der Waals surface area contributed by atoms with E-state index in [4.69, 9.17) is 18.6 Å². The maximum atomic E-state index is 12.4. The molecule has 0 saturated heterocycles. The maximum Gasteiger partial charge on any atom is 0.447 e. The molecule has 2 aromatic heterocycles. The van der Waals surface area contributed by atoms with Gasteiger partial charge in [0, 0.05) is 19.9 Å². The van der Waals surface area contributed by atoms with Gasteiger partial charge in [0.05, 0.1) is 0 Å². The molecule has 0 fully saturated rings. The zero-order valence-electron chi connectivity index (χ0n) is 9.97. The van der Waals surface area contributed by atoms with Crippen molar-refractivity contribution < 1.29 is 46.6 Å². The van der Waals surface area contributed by atoms with Crippen LogP contribution >= 0.6 is 11.3 Å². The fourth-order valence-corrected chi connectivity index (χ4v) is 2.12. The highest BCUT2D eigenvalue weighted by Gasteiger charge is 2.38. The Morgan fingerprint density at radius 1 is 1.20 bits per heavy atom. The number of alkyl halides is 3. The molecule has 0 aromatic carbocycles. The highest BCUT2D eigenvalue weighted by atomic mass is 35.7. The number of aromatic nitrogens is 3. The summed E-state index contributed by atoms with van der Waals surface area (Å²) in [5.41, 5.74) is 1.33. The van der Waals surface area contributed by atoms with Gasteiger partial charge in [0.25, 0.3) is 0 Å². The van der Waals surface area contributed by atoms with E-state index in [2.05, 4.69) is 10.1 Å². The second-order valence-electron chi connectivity index (χ2n) is 3.52. The molecule has 0 unspecified atom stereocenters. The lowest BCUT2D eigenvalue weighted by Gasteiger charge is -2.17. The Bertz CT molecular complexity index is 607. The Morgan fingerprint density at radius 2 is 1.70 bits per heavy atom. The Kier molecular flexibility index (Phi) is 4.84. The number of aryl methyl sites for hydroxylation is 2. The van der Waals surface area contributed by atoms with Gasteiger partial charge in [-0.1, -0.05) is 9.61 Å². The minimum Gasteiger partial charge on any atom is -0.222 e. The molecule has 0 radical (unpaired) electrons. The zero-order chi connectivity index (χ0) is 15.7. The first kappa shape index (κ1) is 16.9. The summed E-state index contributed by atoms with van der Waals surface area (Å²) >= 11 is 0.548. The number of fused-ring (bicyclic) bond motifs is 1. The summed E-state index contributed by atoms with van der Waals surface area (Å²) in [6, 6.07) is 1.69. The summed E-state index contributed by atoms with van der Waals surface area (Å²) in [7, 11) is -4.94. The SMILES string of the molecule is Cc1cc(C)[n+]2nc(C(F)(F)F)sc2n1.[O-][Cl+3]([O-])([O-])[O-]. The lowest BCUT2D eigenvalue weighted by Crippen LogP contribution is -2.68. The van der Waals surface area contributed by atoms with Crippen molar-refractivity contribution in [2.45, 2.75) is 20.0 Å². The van der Waals surface area contributed by atoms with Gasteiger partial charge < -0.3 is 0 Å². The molecule has 0 aliphatic rings. The summed E-state index contributed by atoms with van der Waals surface area (Å²) in [5.74, 6) is 0. The van der Waals surface area contributed by atoms with Crippen LogP contribution in [0.15, 0.2) is 6.07 Å². The van der Waals surface area contributed by atoms with Crippen molar-refractivity contribution in [2.24, 2.45) is 0 Å². The molecule has 0 spiro atoms. The van der Waals surface area contributed by atoms with E-state index in [1.807, 2.05) is 0 Å². The van der Waals surface area contributed by atoms with Gasteiger partial charge in [-0.05, 0) is 16.3 Å².